The van der Waals surface area contributed by atoms with Crippen molar-refractivity contribution in [2.75, 3.05) is 7.11 Å². The predicted molar refractivity (Wildman–Crippen MR) is 108 cm³/mol. The molecule has 1 unspecified atom stereocenters. The summed E-state index contributed by atoms with van der Waals surface area (Å²) in [5.74, 6) is 1.73. The normalized spacial score (nSPS) is 12.1. The van der Waals surface area contributed by atoms with Gasteiger partial charge in [0.2, 0.25) is 0 Å². The summed E-state index contributed by atoms with van der Waals surface area (Å²) in [6, 6.07) is 9.16. The van der Waals surface area contributed by atoms with Crippen LogP contribution in [0.5, 0.6) is 5.75 Å². The Morgan fingerprint density at radius 2 is 1.58 bits per heavy atom. The van der Waals surface area contributed by atoms with Gasteiger partial charge in [0.25, 0.3) is 0 Å². The molecule has 0 radical (unpaired) electrons. The van der Waals surface area contributed by atoms with Gasteiger partial charge >= 0.3 is 0 Å². The molecule has 1 atom stereocenters. The third-order valence-electron chi connectivity index (χ3n) is 5.21. The SMILES string of the molecule is CCC(C)Cc1cc(C)c(Bc2c(C)cc(C)cc2C)cc1OC. The van der Waals surface area contributed by atoms with Crippen LogP contribution in [-0.4, -0.2) is 14.4 Å². The lowest BCUT2D eigenvalue weighted by molar-refractivity contribution is 0.405. The van der Waals surface area contributed by atoms with E-state index in [-0.39, 0.29) is 0 Å². The van der Waals surface area contributed by atoms with Crippen LogP contribution < -0.4 is 15.7 Å². The average molecular weight is 322 g/mol. The lowest BCUT2D eigenvalue weighted by Gasteiger charge is -2.17. The zero-order valence-corrected chi connectivity index (χ0v) is 16.4. The Bertz CT molecular complexity index is 695. The third-order valence-corrected chi connectivity index (χ3v) is 5.21. The van der Waals surface area contributed by atoms with Crippen LogP contribution >= 0.6 is 0 Å². The summed E-state index contributed by atoms with van der Waals surface area (Å²) in [7, 11) is 2.76. The molecule has 0 saturated carbocycles. The molecule has 128 valence electrons. The standard InChI is InChI=1S/C22H31BO/c1-8-14(2)11-19-12-16(4)20(13-21(19)24-7)23-22-17(5)9-15(3)10-18(22)6/h9-10,12-14,23H,8,11H2,1-7H3. The second kappa shape index (κ2) is 7.92. The van der Waals surface area contributed by atoms with Crippen LogP contribution in [0.3, 0.4) is 0 Å². The molecule has 0 fully saturated rings. The first-order valence-corrected chi connectivity index (χ1v) is 9.08. The van der Waals surface area contributed by atoms with E-state index in [1.54, 1.807) is 7.11 Å². The highest BCUT2D eigenvalue weighted by molar-refractivity contribution is 6.68. The van der Waals surface area contributed by atoms with Crippen molar-refractivity contribution in [3.8, 4) is 5.75 Å². The molecule has 0 aliphatic carbocycles. The van der Waals surface area contributed by atoms with Gasteiger partial charge in [0.15, 0.2) is 7.28 Å². The number of rotatable bonds is 6. The lowest BCUT2D eigenvalue weighted by Crippen LogP contribution is -2.33. The molecule has 0 amide bonds. The minimum absolute atomic E-state index is 0.686. The van der Waals surface area contributed by atoms with Crippen molar-refractivity contribution in [2.24, 2.45) is 5.92 Å². The first kappa shape index (κ1) is 18.6. The van der Waals surface area contributed by atoms with E-state index in [2.05, 4.69) is 65.8 Å². The minimum Gasteiger partial charge on any atom is -0.496 e. The van der Waals surface area contributed by atoms with Gasteiger partial charge in [-0.3, -0.25) is 0 Å². The number of methoxy groups -OCH3 is 1. The largest absolute Gasteiger partial charge is 0.496 e. The first-order chi connectivity index (χ1) is 11.3. The van der Waals surface area contributed by atoms with Crippen molar-refractivity contribution in [2.45, 2.75) is 54.4 Å². The molecular weight excluding hydrogens is 291 g/mol. The van der Waals surface area contributed by atoms with Crippen LogP contribution in [0, 0.1) is 33.6 Å². The monoisotopic (exact) mass is 322 g/mol. The van der Waals surface area contributed by atoms with Crippen molar-refractivity contribution < 1.29 is 4.74 Å². The molecule has 1 nitrogen and oxygen atoms in total. The third kappa shape index (κ3) is 4.23. The Morgan fingerprint density at radius 1 is 0.958 bits per heavy atom. The molecule has 2 aromatic carbocycles. The molecule has 0 N–H and O–H groups in total. The van der Waals surface area contributed by atoms with Gasteiger partial charge < -0.3 is 4.74 Å². The molecule has 0 aliphatic heterocycles. The molecule has 2 heteroatoms. The van der Waals surface area contributed by atoms with E-state index >= 15 is 0 Å². The van der Waals surface area contributed by atoms with Crippen LogP contribution in [0.15, 0.2) is 24.3 Å². The van der Waals surface area contributed by atoms with Crippen molar-refractivity contribution in [3.63, 3.8) is 0 Å². The van der Waals surface area contributed by atoms with E-state index < -0.39 is 0 Å². The average Bonchev–Trinajstić information content (AvgIpc) is 2.52. The van der Waals surface area contributed by atoms with Gasteiger partial charge in [-0.1, -0.05) is 71.6 Å². The van der Waals surface area contributed by atoms with Gasteiger partial charge in [0.1, 0.15) is 5.75 Å². The Labute approximate surface area is 148 Å². The molecule has 2 rings (SSSR count). The molecule has 0 bridgehead atoms. The fourth-order valence-electron chi connectivity index (χ4n) is 3.53. The first-order valence-electron chi connectivity index (χ1n) is 9.08. The molecular formula is C22H31BO. The molecule has 2 aromatic rings. The number of aryl methyl sites for hydroxylation is 4. The van der Waals surface area contributed by atoms with Crippen molar-refractivity contribution in [1.29, 1.82) is 0 Å². The fraction of sp³-hybridized carbons (Fsp3) is 0.455. The van der Waals surface area contributed by atoms with Crippen molar-refractivity contribution >= 4 is 18.2 Å². The van der Waals surface area contributed by atoms with Gasteiger partial charge in [0.05, 0.1) is 7.11 Å². The summed E-state index contributed by atoms with van der Waals surface area (Å²) in [4.78, 5) is 0. The van der Waals surface area contributed by atoms with Crippen LogP contribution in [0.4, 0.5) is 0 Å². The highest BCUT2D eigenvalue weighted by atomic mass is 16.5. The maximum atomic E-state index is 5.70. The summed E-state index contributed by atoms with van der Waals surface area (Å²) in [6.07, 6.45) is 2.29. The Hall–Kier alpha value is -1.70. The summed E-state index contributed by atoms with van der Waals surface area (Å²) < 4.78 is 5.70. The molecule has 0 aliphatic rings. The highest BCUT2D eigenvalue weighted by Crippen LogP contribution is 2.23. The summed E-state index contributed by atoms with van der Waals surface area (Å²) in [5, 5.41) is 0. The Kier molecular flexibility index (Phi) is 6.15. The summed E-state index contributed by atoms with van der Waals surface area (Å²) in [5.41, 5.74) is 9.63. The molecule has 0 saturated heterocycles. The van der Waals surface area contributed by atoms with E-state index in [1.165, 1.54) is 45.2 Å². The van der Waals surface area contributed by atoms with Gasteiger partial charge in [-0.15, -0.1) is 0 Å². The van der Waals surface area contributed by atoms with Gasteiger partial charge in [0, 0.05) is 0 Å². The number of benzene rings is 2. The Balaban J connectivity index is 2.38. The summed E-state index contributed by atoms with van der Waals surface area (Å²) in [6.45, 7) is 13.4. The van der Waals surface area contributed by atoms with Crippen molar-refractivity contribution in [3.05, 3.63) is 52.1 Å². The second-order valence-corrected chi connectivity index (χ2v) is 7.36. The topological polar surface area (TPSA) is 9.23 Å². The summed E-state index contributed by atoms with van der Waals surface area (Å²) >= 11 is 0. The molecule has 0 aromatic heterocycles. The van der Waals surface area contributed by atoms with Crippen LogP contribution in [0.2, 0.25) is 0 Å². The van der Waals surface area contributed by atoms with Crippen molar-refractivity contribution in [1.82, 2.24) is 0 Å². The van der Waals surface area contributed by atoms with Crippen LogP contribution in [-0.2, 0) is 6.42 Å². The smallest absolute Gasteiger partial charge is 0.193 e. The lowest BCUT2D eigenvalue weighted by atomic mass is 9.59. The van der Waals surface area contributed by atoms with E-state index in [0.717, 1.165) is 19.4 Å². The Morgan fingerprint density at radius 3 is 2.12 bits per heavy atom. The molecule has 0 heterocycles. The van der Waals surface area contributed by atoms with Crippen LogP contribution in [0.1, 0.15) is 48.1 Å². The van der Waals surface area contributed by atoms with E-state index in [4.69, 9.17) is 4.74 Å². The molecule has 24 heavy (non-hydrogen) atoms. The molecule has 0 spiro atoms. The zero-order valence-electron chi connectivity index (χ0n) is 16.4. The van der Waals surface area contributed by atoms with Gasteiger partial charge in [-0.25, -0.2) is 0 Å². The zero-order chi connectivity index (χ0) is 17.9. The second-order valence-electron chi connectivity index (χ2n) is 7.36. The maximum absolute atomic E-state index is 5.70. The minimum atomic E-state index is 0.686. The number of ether oxygens (including phenoxy) is 1. The fourth-order valence-corrected chi connectivity index (χ4v) is 3.53. The predicted octanol–water partition coefficient (Wildman–Crippen LogP) is 3.90. The highest BCUT2D eigenvalue weighted by Gasteiger charge is 2.14. The van der Waals surface area contributed by atoms with E-state index in [0.29, 0.717) is 5.92 Å². The number of hydrogen-bond acceptors (Lipinski definition) is 1. The maximum Gasteiger partial charge on any atom is 0.193 e. The van der Waals surface area contributed by atoms with Gasteiger partial charge in [-0.2, -0.15) is 0 Å². The van der Waals surface area contributed by atoms with Crippen LogP contribution in [0.25, 0.3) is 0 Å². The van der Waals surface area contributed by atoms with E-state index in [9.17, 15) is 0 Å². The van der Waals surface area contributed by atoms with E-state index in [1.807, 2.05) is 0 Å². The van der Waals surface area contributed by atoms with Gasteiger partial charge in [-0.05, 0) is 51.7 Å². The quantitative estimate of drug-likeness (QED) is 0.733. The number of hydrogen-bond donors (Lipinski definition) is 0.